The molecule has 0 bridgehead atoms. The van der Waals surface area contributed by atoms with E-state index >= 15 is 0 Å². The number of hydrogen-bond acceptors (Lipinski definition) is 2. The summed E-state index contributed by atoms with van der Waals surface area (Å²) in [5, 5.41) is 0. The molecule has 0 saturated carbocycles. The van der Waals surface area contributed by atoms with E-state index in [1.807, 2.05) is 25.1 Å². The van der Waals surface area contributed by atoms with E-state index in [0.29, 0.717) is 17.9 Å². The highest BCUT2D eigenvalue weighted by Crippen LogP contribution is 2.34. The molecule has 0 amide bonds. The minimum atomic E-state index is -0.289. The summed E-state index contributed by atoms with van der Waals surface area (Å²) >= 11 is 6.83. The first kappa shape index (κ1) is 15.5. The van der Waals surface area contributed by atoms with E-state index in [0.717, 1.165) is 14.5 Å². The van der Waals surface area contributed by atoms with Crippen molar-refractivity contribution in [3.8, 4) is 11.5 Å². The quantitative estimate of drug-likeness (QED) is 0.777. The first-order valence-corrected chi connectivity index (χ1v) is 7.71. The molecule has 2 N–H and O–H groups in total. The van der Waals surface area contributed by atoms with E-state index < -0.39 is 0 Å². The maximum absolute atomic E-state index is 13.4. The van der Waals surface area contributed by atoms with Crippen LogP contribution in [0.2, 0.25) is 0 Å². The third kappa shape index (κ3) is 4.04. The Kier molecular flexibility index (Phi) is 5.18. The lowest BCUT2D eigenvalue weighted by Gasteiger charge is -2.14. The molecule has 0 saturated heterocycles. The highest BCUT2D eigenvalue weighted by molar-refractivity contribution is 9.11. The summed E-state index contributed by atoms with van der Waals surface area (Å²) in [5.74, 6) is 1.00. The number of rotatable bonds is 4. The van der Waals surface area contributed by atoms with Crippen LogP contribution in [0.5, 0.6) is 11.5 Å². The molecule has 2 aromatic carbocycles. The topological polar surface area (TPSA) is 35.2 Å². The lowest BCUT2D eigenvalue weighted by atomic mass is 10.1. The Labute approximate surface area is 134 Å². The Morgan fingerprint density at radius 2 is 1.85 bits per heavy atom. The van der Waals surface area contributed by atoms with Gasteiger partial charge in [-0.2, -0.15) is 0 Å². The van der Waals surface area contributed by atoms with E-state index in [-0.39, 0.29) is 11.9 Å². The molecular weight excluding hydrogens is 389 g/mol. The average molecular weight is 403 g/mol. The molecule has 0 heterocycles. The number of hydrogen-bond donors (Lipinski definition) is 1. The lowest BCUT2D eigenvalue weighted by molar-refractivity contribution is 0.468. The Bertz CT molecular complexity index is 617. The minimum Gasteiger partial charge on any atom is -0.456 e. The van der Waals surface area contributed by atoms with Crippen LogP contribution in [0.1, 0.15) is 12.5 Å². The largest absolute Gasteiger partial charge is 0.456 e. The molecule has 0 aliphatic heterocycles. The molecule has 1 atom stereocenters. The van der Waals surface area contributed by atoms with Gasteiger partial charge in [-0.15, -0.1) is 0 Å². The van der Waals surface area contributed by atoms with Gasteiger partial charge in [-0.1, -0.05) is 15.9 Å². The Balaban J connectivity index is 2.32. The van der Waals surface area contributed by atoms with Crippen LogP contribution in [-0.2, 0) is 6.42 Å². The van der Waals surface area contributed by atoms with Crippen molar-refractivity contribution in [2.45, 2.75) is 19.4 Å². The van der Waals surface area contributed by atoms with Crippen molar-refractivity contribution >= 4 is 31.9 Å². The molecule has 2 rings (SSSR count). The predicted molar refractivity (Wildman–Crippen MR) is 85.7 cm³/mol. The summed E-state index contributed by atoms with van der Waals surface area (Å²) in [5.41, 5.74) is 6.55. The molecule has 0 radical (unpaired) electrons. The Morgan fingerprint density at radius 3 is 2.50 bits per heavy atom. The van der Waals surface area contributed by atoms with Gasteiger partial charge < -0.3 is 10.5 Å². The molecule has 5 heteroatoms. The van der Waals surface area contributed by atoms with Gasteiger partial charge in [0.1, 0.15) is 17.3 Å². The average Bonchev–Trinajstić information content (AvgIpc) is 2.34. The van der Waals surface area contributed by atoms with Gasteiger partial charge in [-0.3, -0.25) is 0 Å². The predicted octanol–water partition coefficient (Wildman–Crippen LogP) is 5.03. The fraction of sp³-hybridized carbons (Fsp3) is 0.200. The van der Waals surface area contributed by atoms with Crippen molar-refractivity contribution in [1.82, 2.24) is 0 Å². The van der Waals surface area contributed by atoms with Gasteiger partial charge >= 0.3 is 0 Å². The van der Waals surface area contributed by atoms with Crippen LogP contribution in [0.4, 0.5) is 4.39 Å². The number of nitrogens with two attached hydrogens (primary N) is 1. The van der Waals surface area contributed by atoms with E-state index in [4.69, 9.17) is 10.5 Å². The van der Waals surface area contributed by atoms with Crippen molar-refractivity contribution < 1.29 is 9.13 Å². The number of ether oxygens (including phenoxy) is 1. The summed E-state index contributed by atoms with van der Waals surface area (Å²) in [6, 6.07) is 10.0. The Hall–Kier alpha value is -0.910. The monoisotopic (exact) mass is 401 g/mol. The molecule has 1 unspecified atom stereocenters. The van der Waals surface area contributed by atoms with Gasteiger partial charge in [0.2, 0.25) is 0 Å². The van der Waals surface area contributed by atoms with Gasteiger partial charge in [0.15, 0.2) is 0 Å². The van der Waals surface area contributed by atoms with E-state index in [1.54, 1.807) is 6.07 Å². The second-order valence-corrected chi connectivity index (χ2v) is 6.38. The SMILES string of the molecule is CC(N)Cc1cc(F)ccc1Oc1ccc(Br)cc1Br. The van der Waals surface area contributed by atoms with Crippen LogP contribution in [0.25, 0.3) is 0 Å². The summed E-state index contributed by atoms with van der Waals surface area (Å²) in [4.78, 5) is 0. The zero-order valence-electron chi connectivity index (χ0n) is 10.9. The molecule has 0 aromatic heterocycles. The first-order valence-electron chi connectivity index (χ1n) is 6.12. The van der Waals surface area contributed by atoms with E-state index in [1.165, 1.54) is 12.1 Å². The summed E-state index contributed by atoms with van der Waals surface area (Å²) in [6.45, 7) is 1.88. The molecule has 2 aromatic rings. The second kappa shape index (κ2) is 6.70. The maximum atomic E-state index is 13.4. The number of benzene rings is 2. The molecule has 20 heavy (non-hydrogen) atoms. The van der Waals surface area contributed by atoms with Gasteiger partial charge in [0.25, 0.3) is 0 Å². The summed E-state index contributed by atoms with van der Waals surface area (Å²) < 4.78 is 21.0. The molecule has 0 aliphatic carbocycles. The van der Waals surface area contributed by atoms with Crippen LogP contribution in [0.15, 0.2) is 45.3 Å². The fourth-order valence-electron chi connectivity index (χ4n) is 1.83. The fourth-order valence-corrected chi connectivity index (χ4v) is 2.96. The number of halogens is 3. The zero-order valence-corrected chi connectivity index (χ0v) is 14.0. The highest BCUT2D eigenvalue weighted by atomic mass is 79.9. The van der Waals surface area contributed by atoms with Crippen LogP contribution >= 0.6 is 31.9 Å². The second-order valence-electron chi connectivity index (χ2n) is 4.61. The van der Waals surface area contributed by atoms with Crippen LogP contribution in [0, 0.1) is 5.82 Å². The first-order chi connectivity index (χ1) is 9.45. The molecule has 0 spiro atoms. The molecule has 0 aliphatic rings. The third-order valence-corrected chi connectivity index (χ3v) is 3.79. The van der Waals surface area contributed by atoms with Crippen LogP contribution in [0.3, 0.4) is 0 Å². The summed E-state index contributed by atoms with van der Waals surface area (Å²) in [7, 11) is 0. The van der Waals surface area contributed by atoms with Crippen LogP contribution < -0.4 is 10.5 Å². The molecule has 2 nitrogen and oxygen atoms in total. The minimum absolute atomic E-state index is 0.0625. The third-order valence-electron chi connectivity index (χ3n) is 2.68. The van der Waals surface area contributed by atoms with Crippen LogP contribution in [-0.4, -0.2) is 6.04 Å². The maximum Gasteiger partial charge on any atom is 0.141 e. The van der Waals surface area contributed by atoms with Crippen molar-refractivity contribution in [2.75, 3.05) is 0 Å². The van der Waals surface area contributed by atoms with E-state index in [9.17, 15) is 4.39 Å². The lowest BCUT2D eigenvalue weighted by Crippen LogP contribution is -2.18. The smallest absolute Gasteiger partial charge is 0.141 e. The van der Waals surface area contributed by atoms with Gasteiger partial charge in [-0.05, 0) is 71.2 Å². The van der Waals surface area contributed by atoms with Crippen molar-refractivity contribution in [2.24, 2.45) is 5.73 Å². The highest BCUT2D eigenvalue weighted by Gasteiger charge is 2.10. The van der Waals surface area contributed by atoms with Crippen molar-refractivity contribution in [3.63, 3.8) is 0 Å². The van der Waals surface area contributed by atoms with Crippen molar-refractivity contribution in [1.29, 1.82) is 0 Å². The van der Waals surface area contributed by atoms with Gasteiger partial charge in [0.05, 0.1) is 4.47 Å². The standard InChI is InChI=1S/C15H14Br2FNO/c1-9(19)6-10-7-12(18)3-5-14(10)20-15-4-2-11(16)8-13(15)17/h2-5,7-9H,6,19H2,1H3. The summed E-state index contributed by atoms with van der Waals surface area (Å²) in [6.07, 6.45) is 0.557. The van der Waals surface area contributed by atoms with Gasteiger partial charge in [-0.25, -0.2) is 4.39 Å². The van der Waals surface area contributed by atoms with E-state index in [2.05, 4.69) is 31.9 Å². The Morgan fingerprint density at radius 1 is 1.15 bits per heavy atom. The molecule has 106 valence electrons. The molecular formula is C15H14Br2FNO. The van der Waals surface area contributed by atoms with Gasteiger partial charge in [0, 0.05) is 10.5 Å². The van der Waals surface area contributed by atoms with Crippen molar-refractivity contribution in [3.05, 3.63) is 56.7 Å². The molecule has 0 fully saturated rings. The normalized spacial score (nSPS) is 12.2. The zero-order chi connectivity index (χ0) is 14.7.